The highest BCUT2D eigenvalue weighted by Gasteiger charge is 2.08. The zero-order chi connectivity index (χ0) is 16.8. The number of aryl methyl sites for hydroxylation is 3. The first kappa shape index (κ1) is 17.1. The second-order valence-electron chi connectivity index (χ2n) is 6.02. The fourth-order valence-electron chi connectivity index (χ4n) is 2.57. The molecule has 0 atom stereocenters. The number of rotatable bonds is 6. The van der Waals surface area contributed by atoms with Crippen molar-refractivity contribution in [3.8, 4) is 0 Å². The molecule has 0 spiro atoms. The summed E-state index contributed by atoms with van der Waals surface area (Å²) in [6, 6.07) is 14.4. The summed E-state index contributed by atoms with van der Waals surface area (Å²) in [6.45, 7) is 9.94. The molecule has 0 fully saturated rings. The zero-order valence-electron chi connectivity index (χ0n) is 14.5. The third-order valence-electron chi connectivity index (χ3n) is 4.15. The Bertz CT molecular complexity index is 679. The number of carbonyl (C=O) groups excluding carboxylic acids is 1. The molecule has 23 heavy (non-hydrogen) atoms. The summed E-state index contributed by atoms with van der Waals surface area (Å²) in [6.07, 6.45) is 0.481. The molecule has 2 aromatic rings. The molecule has 0 heterocycles. The first-order valence-corrected chi connectivity index (χ1v) is 8.18. The molecule has 0 aliphatic heterocycles. The van der Waals surface area contributed by atoms with E-state index in [0.29, 0.717) is 6.42 Å². The number of carbonyl (C=O) groups is 1. The van der Waals surface area contributed by atoms with E-state index < -0.39 is 0 Å². The fraction of sp³-hybridized carbons (Fsp3) is 0.350. The molecule has 0 aliphatic carbocycles. The maximum Gasteiger partial charge on any atom is 0.226 e. The topological polar surface area (TPSA) is 32.3 Å². The lowest BCUT2D eigenvalue weighted by Crippen LogP contribution is -2.27. The average Bonchev–Trinajstić information content (AvgIpc) is 2.52. The molecule has 0 aromatic heterocycles. The summed E-state index contributed by atoms with van der Waals surface area (Å²) >= 11 is 0. The number of hydrogen-bond acceptors (Lipinski definition) is 2. The van der Waals surface area contributed by atoms with Gasteiger partial charge in [-0.2, -0.15) is 0 Å². The first-order valence-electron chi connectivity index (χ1n) is 8.18. The van der Waals surface area contributed by atoms with Crippen molar-refractivity contribution in [1.29, 1.82) is 0 Å². The third-order valence-corrected chi connectivity index (χ3v) is 4.15. The van der Waals surface area contributed by atoms with E-state index in [4.69, 9.17) is 0 Å². The number of anilines is 2. The second kappa shape index (κ2) is 7.82. The summed E-state index contributed by atoms with van der Waals surface area (Å²) in [4.78, 5) is 14.4. The molecule has 1 amide bonds. The smallest absolute Gasteiger partial charge is 0.226 e. The van der Waals surface area contributed by atoms with Gasteiger partial charge in [-0.05, 0) is 68.7 Å². The van der Waals surface area contributed by atoms with Gasteiger partial charge < -0.3 is 10.2 Å². The molecule has 0 saturated heterocycles. The van der Waals surface area contributed by atoms with Gasteiger partial charge in [0, 0.05) is 30.9 Å². The zero-order valence-corrected chi connectivity index (χ0v) is 14.5. The Hall–Kier alpha value is -2.29. The van der Waals surface area contributed by atoms with E-state index in [0.717, 1.165) is 18.8 Å². The van der Waals surface area contributed by atoms with Crippen molar-refractivity contribution < 1.29 is 4.79 Å². The van der Waals surface area contributed by atoms with E-state index in [1.165, 1.54) is 22.4 Å². The number of amides is 1. The van der Waals surface area contributed by atoms with Crippen LogP contribution in [0.25, 0.3) is 0 Å². The summed E-state index contributed by atoms with van der Waals surface area (Å²) in [7, 11) is 0. The van der Waals surface area contributed by atoms with Crippen LogP contribution in [0.3, 0.4) is 0 Å². The van der Waals surface area contributed by atoms with Crippen molar-refractivity contribution in [3.05, 3.63) is 59.2 Å². The Morgan fingerprint density at radius 3 is 2.48 bits per heavy atom. The van der Waals surface area contributed by atoms with Gasteiger partial charge in [-0.3, -0.25) is 4.79 Å². The summed E-state index contributed by atoms with van der Waals surface area (Å²) < 4.78 is 0. The largest absolute Gasteiger partial charge is 0.371 e. The predicted molar refractivity (Wildman–Crippen MR) is 98.2 cm³/mol. The van der Waals surface area contributed by atoms with Crippen LogP contribution in [-0.2, 0) is 4.79 Å². The van der Waals surface area contributed by atoms with Crippen LogP contribution < -0.4 is 10.2 Å². The SMILES string of the molecule is CCN(CCC(=O)Nc1ccc(C)c(C)c1)c1cccc(C)c1. The molecule has 0 unspecified atom stereocenters. The Morgan fingerprint density at radius 1 is 1.04 bits per heavy atom. The Balaban J connectivity index is 1.93. The first-order chi connectivity index (χ1) is 11.0. The summed E-state index contributed by atoms with van der Waals surface area (Å²) in [5.74, 6) is 0.0550. The van der Waals surface area contributed by atoms with Crippen molar-refractivity contribution >= 4 is 17.3 Å². The van der Waals surface area contributed by atoms with Crippen LogP contribution in [0.4, 0.5) is 11.4 Å². The van der Waals surface area contributed by atoms with Crippen molar-refractivity contribution in [3.63, 3.8) is 0 Å². The van der Waals surface area contributed by atoms with Crippen molar-refractivity contribution in [2.75, 3.05) is 23.3 Å². The van der Waals surface area contributed by atoms with Crippen LogP contribution in [-0.4, -0.2) is 19.0 Å². The van der Waals surface area contributed by atoms with Gasteiger partial charge in [-0.25, -0.2) is 0 Å². The number of nitrogens with zero attached hydrogens (tertiary/aromatic N) is 1. The average molecular weight is 310 g/mol. The van der Waals surface area contributed by atoms with E-state index in [-0.39, 0.29) is 5.91 Å². The normalized spacial score (nSPS) is 10.4. The quantitative estimate of drug-likeness (QED) is 0.854. The van der Waals surface area contributed by atoms with E-state index in [2.05, 4.69) is 62.2 Å². The van der Waals surface area contributed by atoms with Gasteiger partial charge in [0.1, 0.15) is 0 Å². The van der Waals surface area contributed by atoms with Crippen molar-refractivity contribution in [1.82, 2.24) is 0 Å². The second-order valence-corrected chi connectivity index (χ2v) is 6.02. The molecule has 0 radical (unpaired) electrons. The van der Waals surface area contributed by atoms with Gasteiger partial charge in [0.2, 0.25) is 5.91 Å². The highest BCUT2D eigenvalue weighted by atomic mass is 16.1. The highest BCUT2D eigenvalue weighted by Crippen LogP contribution is 2.17. The minimum absolute atomic E-state index is 0.0550. The molecule has 3 heteroatoms. The number of hydrogen-bond donors (Lipinski definition) is 1. The lowest BCUT2D eigenvalue weighted by molar-refractivity contribution is -0.116. The molecule has 3 nitrogen and oxygen atoms in total. The minimum atomic E-state index is 0.0550. The lowest BCUT2D eigenvalue weighted by atomic mass is 10.1. The maximum absolute atomic E-state index is 12.2. The molecule has 0 bridgehead atoms. The monoisotopic (exact) mass is 310 g/mol. The molecule has 122 valence electrons. The maximum atomic E-state index is 12.2. The molecule has 0 aliphatic rings. The standard InChI is InChI=1S/C20H26N2O/c1-5-22(19-8-6-7-15(2)13-19)12-11-20(23)21-18-10-9-16(3)17(4)14-18/h6-10,13-14H,5,11-12H2,1-4H3,(H,21,23). The van der Waals surface area contributed by atoms with Gasteiger partial charge in [-0.1, -0.05) is 18.2 Å². The molecule has 1 N–H and O–H groups in total. The van der Waals surface area contributed by atoms with Crippen molar-refractivity contribution in [2.24, 2.45) is 0 Å². The van der Waals surface area contributed by atoms with Crippen molar-refractivity contribution in [2.45, 2.75) is 34.1 Å². The minimum Gasteiger partial charge on any atom is -0.371 e. The van der Waals surface area contributed by atoms with E-state index in [1.54, 1.807) is 0 Å². The van der Waals surface area contributed by atoms with Crippen LogP contribution in [0, 0.1) is 20.8 Å². The van der Waals surface area contributed by atoms with Crippen LogP contribution in [0.2, 0.25) is 0 Å². The Labute approximate surface area is 139 Å². The van der Waals surface area contributed by atoms with E-state index in [1.807, 2.05) is 18.2 Å². The molecular formula is C20H26N2O. The van der Waals surface area contributed by atoms with Crippen LogP contribution in [0.5, 0.6) is 0 Å². The predicted octanol–water partition coefficient (Wildman–Crippen LogP) is 4.47. The molecular weight excluding hydrogens is 284 g/mol. The van der Waals surface area contributed by atoms with E-state index >= 15 is 0 Å². The van der Waals surface area contributed by atoms with Gasteiger partial charge in [0.25, 0.3) is 0 Å². The third kappa shape index (κ3) is 4.85. The molecule has 2 aromatic carbocycles. The number of nitrogens with one attached hydrogen (secondary N) is 1. The Morgan fingerprint density at radius 2 is 1.83 bits per heavy atom. The van der Waals surface area contributed by atoms with Gasteiger partial charge in [0.05, 0.1) is 0 Å². The van der Waals surface area contributed by atoms with Crippen LogP contribution in [0.15, 0.2) is 42.5 Å². The lowest BCUT2D eigenvalue weighted by Gasteiger charge is -2.23. The Kier molecular flexibility index (Phi) is 5.80. The summed E-state index contributed by atoms with van der Waals surface area (Å²) in [5.41, 5.74) is 5.71. The van der Waals surface area contributed by atoms with Crippen LogP contribution >= 0.6 is 0 Å². The van der Waals surface area contributed by atoms with E-state index in [9.17, 15) is 4.79 Å². The fourth-order valence-corrected chi connectivity index (χ4v) is 2.57. The highest BCUT2D eigenvalue weighted by molar-refractivity contribution is 5.91. The van der Waals surface area contributed by atoms with Gasteiger partial charge in [0.15, 0.2) is 0 Å². The van der Waals surface area contributed by atoms with Gasteiger partial charge >= 0.3 is 0 Å². The molecule has 0 saturated carbocycles. The van der Waals surface area contributed by atoms with Crippen LogP contribution in [0.1, 0.15) is 30.0 Å². The number of benzene rings is 2. The summed E-state index contributed by atoms with van der Waals surface area (Å²) in [5, 5.41) is 2.99. The van der Waals surface area contributed by atoms with Gasteiger partial charge in [-0.15, -0.1) is 0 Å². The molecule has 2 rings (SSSR count).